The third kappa shape index (κ3) is 8.78. The van der Waals surface area contributed by atoms with Gasteiger partial charge in [0.2, 0.25) is 5.91 Å². The van der Waals surface area contributed by atoms with Gasteiger partial charge in [-0.15, -0.1) is 0 Å². The number of nitrogens with zero attached hydrogens (tertiary/aromatic N) is 1. The standard InChI is InChI=1S/C28H31F2N3O5S/c1-3-4-17-31-28(35)20(2)33(18-21-5-7-22(29)8-6-21)27(34)19-38-25-13-15-26(16-14-25)39(36,37)32-24-11-9-23(30)10-12-24/h5-16,20,32H,3-4,17-19H2,1-2H3,(H,31,35)/t20-/m1/s1. The normalized spacial score (nSPS) is 11.9. The molecule has 3 aromatic rings. The van der Waals surface area contributed by atoms with Crippen molar-refractivity contribution >= 4 is 27.5 Å². The van der Waals surface area contributed by atoms with Crippen molar-refractivity contribution < 1.29 is 31.5 Å². The zero-order chi connectivity index (χ0) is 28.4. The maximum Gasteiger partial charge on any atom is 0.261 e. The number of ether oxygens (including phenoxy) is 1. The van der Waals surface area contributed by atoms with Crippen molar-refractivity contribution in [3.8, 4) is 5.75 Å². The van der Waals surface area contributed by atoms with Crippen LogP contribution in [0.25, 0.3) is 0 Å². The Morgan fingerprint density at radius 1 is 0.923 bits per heavy atom. The minimum Gasteiger partial charge on any atom is -0.484 e. The summed E-state index contributed by atoms with van der Waals surface area (Å²) < 4.78 is 59.6. The van der Waals surface area contributed by atoms with Crippen LogP contribution in [0, 0.1) is 11.6 Å². The average Bonchev–Trinajstić information content (AvgIpc) is 2.92. The van der Waals surface area contributed by atoms with Crippen molar-refractivity contribution in [2.45, 2.75) is 44.2 Å². The third-order valence-electron chi connectivity index (χ3n) is 5.86. The highest BCUT2D eigenvalue weighted by molar-refractivity contribution is 7.92. The van der Waals surface area contributed by atoms with Gasteiger partial charge in [-0.3, -0.25) is 14.3 Å². The topological polar surface area (TPSA) is 105 Å². The third-order valence-corrected chi connectivity index (χ3v) is 7.25. The zero-order valence-electron chi connectivity index (χ0n) is 21.7. The Bertz CT molecular complexity index is 1350. The molecular weight excluding hydrogens is 528 g/mol. The van der Waals surface area contributed by atoms with Crippen molar-refractivity contribution in [2.24, 2.45) is 0 Å². The summed E-state index contributed by atoms with van der Waals surface area (Å²) in [4.78, 5) is 27.1. The second-order valence-electron chi connectivity index (χ2n) is 8.84. The van der Waals surface area contributed by atoms with Gasteiger partial charge in [0.1, 0.15) is 23.4 Å². The highest BCUT2D eigenvalue weighted by atomic mass is 32.2. The number of anilines is 1. The Morgan fingerprint density at radius 2 is 1.51 bits per heavy atom. The van der Waals surface area contributed by atoms with Crippen molar-refractivity contribution in [1.82, 2.24) is 10.2 Å². The lowest BCUT2D eigenvalue weighted by Crippen LogP contribution is -2.49. The Hall–Kier alpha value is -3.99. The summed E-state index contributed by atoms with van der Waals surface area (Å²) in [6.07, 6.45) is 1.71. The van der Waals surface area contributed by atoms with Crippen molar-refractivity contribution in [3.63, 3.8) is 0 Å². The molecule has 39 heavy (non-hydrogen) atoms. The van der Waals surface area contributed by atoms with Crippen molar-refractivity contribution in [1.29, 1.82) is 0 Å². The summed E-state index contributed by atoms with van der Waals surface area (Å²) >= 11 is 0. The molecule has 3 rings (SSSR count). The summed E-state index contributed by atoms with van der Waals surface area (Å²) in [5, 5.41) is 2.81. The largest absolute Gasteiger partial charge is 0.484 e. The monoisotopic (exact) mass is 559 g/mol. The molecule has 11 heteroatoms. The number of sulfonamides is 1. The number of benzene rings is 3. The van der Waals surface area contributed by atoms with Crippen LogP contribution in [0.2, 0.25) is 0 Å². The van der Waals surface area contributed by atoms with E-state index in [2.05, 4.69) is 10.0 Å². The molecule has 0 aliphatic heterocycles. The SMILES string of the molecule is CCCCNC(=O)[C@@H](C)N(Cc1ccc(F)cc1)C(=O)COc1ccc(S(=O)(=O)Nc2ccc(F)cc2)cc1. The molecular formula is C28H31F2N3O5S. The summed E-state index contributed by atoms with van der Waals surface area (Å²) in [6, 6.07) is 15.1. The Morgan fingerprint density at radius 3 is 2.10 bits per heavy atom. The van der Waals surface area contributed by atoms with E-state index < -0.39 is 40.2 Å². The summed E-state index contributed by atoms with van der Waals surface area (Å²) in [7, 11) is -3.93. The van der Waals surface area contributed by atoms with Crippen LogP contribution in [0.1, 0.15) is 32.3 Å². The summed E-state index contributed by atoms with van der Waals surface area (Å²) in [5.41, 5.74) is 0.845. The molecule has 0 heterocycles. The molecule has 0 saturated carbocycles. The van der Waals surface area contributed by atoms with E-state index in [1.54, 1.807) is 6.92 Å². The fourth-order valence-electron chi connectivity index (χ4n) is 3.58. The van der Waals surface area contributed by atoms with Gasteiger partial charge >= 0.3 is 0 Å². The molecule has 2 N–H and O–H groups in total. The van der Waals surface area contributed by atoms with E-state index in [9.17, 15) is 26.8 Å². The van der Waals surface area contributed by atoms with E-state index in [4.69, 9.17) is 4.74 Å². The van der Waals surface area contributed by atoms with Gasteiger partial charge in [-0.1, -0.05) is 25.5 Å². The fraction of sp³-hybridized carbons (Fsp3) is 0.286. The lowest BCUT2D eigenvalue weighted by atomic mass is 10.1. The first kappa shape index (κ1) is 29.6. The summed E-state index contributed by atoms with van der Waals surface area (Å²) in [6.45, 7) is 3.75. The van der Waals surface area contributed by atoms with Crippen LogP contribution in [0.15, 0.2) is 77.7 Å². The molecule has 0 saturated heterocycles. The minimum atomic E-state index is -3.93. The van der Waals surface area contributed by atoms with Gasteiger partial charge in [0.15, 0.2) is 6.61 Å². The number of amides is 2. The van der Waals surface area contributed by atoms with E-state index in [0.717, 1.165) is 25.0 Å². The van der Waals surface area contributed by atoms with Crippen molar-refractivity contribution in [2.75, 3.05) is 17.9 Å². The van der Waals surface area contributed by atoms with Gasteiger partial charge in [-0.05, 0) is 79.6 Å². The first-order chi connectivity index (χ1) is 18.6. The molecule has 0 fully saturated rings. The number of nitrogens with one attached hydrogen (secondary N) is 2. The van der Waals surface area contributed by atoms with Gasteiger partial charge in [0.05, 0.1) is 4.90 Å². The molecule has 208 valence electrons. The van der Waals surface area contributed by atoms with Crippen LogP contribution < -0.4 is 14.8 Å². The van der Waals surface area contributed by atoms with Crippen LogP contribution in [0.3, 0.4) is 0 Å². The highest BCUT2D eigenvalue weighted by Crippen LogP contribution is 2.20. The first-order valence-electron chi connectivity index (χ1n) is 12.4. The molecule has 0 unspecified atom stereocenters. The van der Waals surface area contributed by atoms with Gasteiger partial charge < -0.3 is 15.0 Å². The van der Waals surface area contributed by atoms with E-state index in [1.165, 1.54) is 65.6 Å². The highest BCUT2D eigenvalue weighted by Gasteiger charge is 2.26. The molecule has 0 radical (unpaired) electrons. The molecule has 0 bridgehead atoms. The first-order valence-corrected chi connectivity index (χ1v) is 13.9. The smallest absolute Gasteiger partial charge is 0.261 e. The van der Waals surface area contributed by atoms with E-state index in [-0.39, 0.29) is 28.8 Å². The average molecular weight is 560 g/mol. The van der Waals surface area contributed by atoms with Gasteiger partial charge in [-0.2, -0.15) is 0 Å². The number of carbonyl (C=O) groups excluding carboxylic acids is 2. The van der Waals surface area contributed by atoms with Crippen LogP contribution in [-0.4, -0.2) is 44.3 Å². The molecule has 2 amide bonds. The second-order valence-corrected chi connectivity index (χ2v) is 10.5. The lowest BCUT2D eigenvalue weighted by molar-refractivity contribution is -0.142. The Kier molecular flexibility index (Phi) is 10.4. The van der Waals surface area contributed by atoms with Crippen LogP contribution >= 0.6 is 0 Å². The van der Waals surface area contributed by atoms with Crippen molar-refractivity contribution in [3.05, 3.63) is 90.0 Å². The Balaban J connectivity index is 1.67. The lowest BCUT2D eigenvalue weighted by Gasteiger charge is -2.28. The molecule has 0 aromatic heterocycles. The molecule has 0 aliphatic rings. The van der Waals surface area contributed by atoms with E-state index in [1.807, 2.05) is 6.92 Å². The predicted octanol–water partition coefficient (Wildman–Crippen LogP) is 4.48. The minimum absolute atomic E-state index is 0.0548. The maximum absolute atomic E-state index is 13.4. The Labute approximate surface area is 227 Å². The van der Waals surface area contributed by atoms with Gasteiger partial charge in [-0.25, -0.2) is 17.2 Å². The van der Waals surface area contributed by atoms with Gasteiger partial charge in [0, 0.05) is 18.8 Å². The molecule has 1 atom stereocenters. The fourth-order valence-corrected chi connectivity index (χ4v) is 4.64. The zero-order valence-corrected chi connectivity index (χ0v) is 22.5. The van der Waals surface area contributed by atoms with Crippen LogP contribution in [-0.2, 0) is 26.2 Å². The molecule has 0 aliphatic carbocycles. The molecule has 0 spiro atoms. The molecule has 8 nitrogen and oxygen atoms in total. The number of hydrogen-bond acceptors (Lipinski definition) is 5. The summed E-state index contributed by atoms with van der Waals surface area (Å²) in [5.74, 6) is -1.46. The van der Waals surface area contributed by atoms with E-state index in [0.29, 0.717) is 12.1 Å². The van der Waals surface area contributed by atoms with E-state index >= 15 is 0 Å². The molecule has 3 aromatic carbocycles. The van der Waals surface area contributed by atoms with Gasteiger partial charge in [0.25, 0.3) is 15.9 Å². The maximum atomic E-state index is 13.4. The quantitative estimate of drug-likeness (QED) is 0.301. The number of hydrogen-bond donors (Lipinski definition) is 2. The number of carbonyl (C=O) groups is 2. The predicted molar refractivity (Wildman–Crippen MR) is 143 cm³/mol. The second kappa shape index (κ2) is 13.7. The number of rotatable bonds is 13. The number of unbranched alkanes of at least 4 members (excludes halogenated alkanes) is 1. The van der Waals surface area contributed by atoms with Crippen LogP contribution in [0.5, 0.6) is 5.75 Å². The number of halogens is 2. The van der Waals surface area contributed by atoms with Crippen LogP contribution in [0.4, 0.5) is 14.5 Å².